The van der Waals surface area contributed by atoms with E-state index in [0.29, 0.717) is 36.7 Å². The summed E-state index contributed by atoms with van der Waals surface area (Å²) in [6.07, 6.45) is 0.893. The molecule has 122 valence electrons. The van der Waals surface area contributed by atoms with Crippen LogP contribution >= 0.6 is 0 Å². The molecule has 0 amide bonds. The normalized spacial score (nSPS) is 10.2. The molecule has 0 bridgehead atoms. The Morgan fingerprint density at radius 3 is 2.30 bits per heavy atom. The van der Waals surface area contributed by atoms with E-state index in [1.807, 2.05) is 56.3 Å². The molecule has 2 rings (SSSR count). The van der Waals surface area contributed by atoms with E-state index < -0.39 is 0 Å². The van der Waals surface area contributed by atoms with Gasteiger partial charge < -0.3 is 14.2 Å². The number of aryl methyl sites for hydroxylation is 2. The third-order valence-corrected chi connectivity index (χ3v) is 3.28. The van der Waals surface area contributed by atoms with E-state index in [1.54, 1.807) is 7.11 Å². The zero-order chi connectivity index (χ0) is 16.7. The highest BCUT2D eigenvalue weighted by molar-refractivity contribution is 5.72. The van der Waals surface area contributed by atoms with Gasteiger partial charge in [-0.05, 0) is 55.7 Å². The first-order chi connectivity index (χ1) is 11.1. The van der Waals surface area contributed by atoms with Gasteiger partial charge in [0.05, 0.1) is 13.7 Å². The lowest BCUT2D eigenvalue weighted by molar-refractivity contribution is -0.134. The van der Waals surface area contributed by atoms with Gasteiger partial charge in [0.1, 0.15) is 5.75 Å². The number of esters is 1. The molecule has 0 aliphatic rings. The van der Waals surface area contributed by atoms with E-state index in [0.717, 1.165) is 11.1 Å². The minimum atomic E-state index is -0.251. The molecule has 0 radical (unpaired) electrons. The van der Waals surface area contributed by atoms with Crippen molar-refractivity contribution in [3.8, 4) is 17.2 Å². The Bertz CT molecular complexity index is 644. The molecule has 2 aromatic rings. The second kappa shape index (κ2) is 8.22. The highest BCUT2D eigenvalue weighted by atomic mass is 16.5. The molecular formula is C19H22O4. The molecule has 0 aliphatic heterocycles. The minimum absolute atomic E-state index is 0.251. The Kier molecular flexibility index (Phi) is 6.03. The Morgan fingerprint density at radius 2 is 1.65 bits per heavy atom. The van der Waals surface area contributed by atoms with E-state index in [1.165, 1.54) is 0 Å². The Morgan fingerprint density at radius 1 is 1.00 bits per heavy atom. The van der Waals surface area contributed by atoms with Crippen LogP contribution in [0.2, 0.25) is 0 Å². The van der Waals surface area contributed by atoms with Crippen LogP contribution in [0, 0.1) is 13.8 Å². The van der Waals surface area contributed by atoms with Gasteiger partial charge >= 0.3 is 5.97 Å². The van der Waals surface area contributed by atoms with Crippen molar-refractivity contribution >= 4 is 5.97 Å². The van der Waals surface area contributed by atoms with E-state index in [9.17, 15) is 4.79 Å². The monoisotopic (exact) mass is 314 g/mol. The number of rotatable bonds is 7. The zero-order valence-corrected chi connectivity index (χ0v) is 13.8. The first-order valence-electron chi connectivity index (χ1n) is 7.63. The van der Waals surface area contributed by atoms with Crippen LogP contribution in [0.4, 0.5) is 0 Å². The average molecular weight is 314 g/mol. The summed E-state index contributed by atoms with van der Waals surface area (Å²) >= 11 is 0. The fourth-order valence-electron chi connectivity index (χ4n) is 2.31. The highest BCUT2D eigenvalue weighted by Crippen LogP contribution is 2.25. The van der Waals surface area contributed by atoms with Gasteiger partial charge in [0.2, 0.25) is 0 Å². The fourth-order valence-corrected chi connectivity index (χ4v) is 2.31. The SMILES string of the molecule is COc1ccccc1OCCCC(=O)Oc1cc(C)cc(C)c1. The molecule has 0 spiro atoms. The van der Waals surface area contributed by atoms with Crippen LogP contribution in [-0.4, -0.2) is 19.7 Å². The van der Waals surface area contributed by atoms with Gasteiger partial charge in [0.15, 0.2) is 11.5 Å². The maximum atomic E-state index is 11.9. The van der Waals surface area contributed by atoms with Gasteiger partial charge in [-0.25, -0.2) is 0 Å². The molecule has 2 aromatic carbocycles. The maximum absolute atomic E-state index is 11.9. The van der Waals surface area contributed by atoms with Gasteiger partial charge in [-0.1, -0.05) is 18.2 Å². The number of carbonyl (C=O) groups excluding carboxylic acids is 1. The number of ether oxygens (including phenoxy) is 3. The number of hydrogen-bond donors (Lipinski definition) is 0. The molecule has 0 unspecified atom stereocenters. The number of hydrogen-bond acceptors (Lipinski definition) is 4. The molecule has 4 nitrogen and oxygen atoms in total. The van der Waals surface area contributed by atoms with Crippen molar-refractivity contribution in [2.75, 3.05) is 13.7 Å². The van der Waals surface area contributed by atoms with Crippen molar-refractivity contribution < 1.29 is 19.0 Å². The molecule has 0 aliphatic carbocycles. The Balaban J connectivity index is 1.76. The average Bonchev–Trinajstić information content (AvgIpc) is 2.51. The summed E-state index contributed by atoms with van der Waals surface area (Å²) in [5.41, 5.74) is 2.15. The first-order valence-corrected chi connectivity index (χ1v) is 7.63. The third-order valence-electron chi connectivity index (χ3n) is 3.28. The highest BCUT2D eigenvalue weighted by Gasteiger charge is 2.07. The maximum Gasteiger partial charge on any atom is 0.311 e. The van der Waals surface area contributed by atoms with Gasteiger partial charge in [0, 0.05) is 6.42 Å². The summed E-state index contributed by atoms with van der Waals surface area (Å²) in [6, 6.07) is 13.2. The van der Waals surface area contributed by atoms with E-state index in [4.69, 9.17) is 14.2 Å². The van der Waals surface area contributed by atoms with Gasteiger partial charge in [-0.2, -0.15) is 0 Å². The first kappa shape index (κ1) is 16.9. The van der Waals surface area contributed by atoms with Crippen molar-refractivity contribution in [1.29, 1.82) is 0 Å². The van der Waals surface area contributed by atoms with Crippen molar-refractivity contribution in [3.63, 3.8) is 0 Å². The van der Waals surface area contributed by atoms with E-state index in [2.05, 4.69) is 0 Å². The van der Waals surface area contributed by atoms with Crippen LogP contribution in [0.3, 0.4) is 0 Å². The van der Waals surface area contributed by atoms with Crippen molar-refractivity contribution in [3.05, 3.63) is 53.6 Å². The molecule has 0 fully saturated rings. The third kappa shape index (κ3) is 5.33. The molecule has 0 heterocycles. The van der Waals surface area contributed by atoms with Gasteiger partial charge in [-0.15, -0.1) is 0 Å². The quantitative estimate of drug-likeness (QED) is 0.439. The number of para-hydroxylation sites is 2. The molecule has 0 aromatic heterocycles. The van der Waals surface area contributed by atoms with Crippen LogP contribution in [0.5, 0.6) is 17.2 Å². The minimum Gasteiger partial charge on any atom is -0.493 e. The predicted octanol–water partition coefficient (Wildman–Crippen LogP) is 4.08. The molecule has 0 saturated heterocycles. The lowest BCUT2D eigenvalue weighted by Crippen LogP contribution is -2.10. The summed E-state index contributed by atoms with van der Waals surface area (Å²) < 4.78 is 16.2. The smallest absolute Gasteiger partial charge is 0.311 e. The number of benzene rings is 2. The lowest BCUT2D eigenvalue weighted by Gasteiger charge is -2.10. The zero-order valence-electron chi connectivity index (χ0n) is 13.8. The summed E-state index contributed by atoms with van der Waals surface area (Å²) in [6.45, 7) is 4.39. The van der Waals surface area contributed by atoms with Crippen molar-refractivity contribution in [2.24, 2.45) is 0 Å². The van der Waals surface area contributed by atoms with Crippen LogP contribution in [0.1, 0.15) is 24.0 Å². The Labute approximate surface area is 137 Å². The summed E-state index contributed by atoms with van der Waals surface area (Å²) in [5.74, 6) is 1.71. The number of methoxy groups -OCH3 is 1. The van der Waals surface area contributed by atoms with E-state index >= 15 is 0 Å². The second-order valence-electron chi connectivity index (χ2n) is 5.40. The Hall–Kier alpha value is -2.49. The van der Waals surface area contributed by atoms with E-state index in [-0.39, 0.29) is 5.97 Å². The van der Waals surface area contributed by atoms with Gasteiger partial charge in [-0.3, -0.25) is 4.79 Å². The topological polar surface area (TPSA) is 44.8 Å². The van der Waals surface area contributed by atoms with Crippen LogP contribution < -0.4 is 14.2 Å². The summed E-state index contributed by atoms with van der Waals surface area (Å²) in [4.78, 5) is 11.9. The van der Waals surface area contributed by atoms with Crippen molar-refractivity contribution in [1.82, 2.24) is 0 Å². The molecular weight excluding hydrogens is 292 g/mol. The predicted molar refractivity (Wildman–Crippen MR) is 89.3 cm³/mol. The molecule has 0 saturated carbocycles. The molecule has 0 N–H and O–H groups in total. The standard InChI is InChI=1S/C19H22O4/c1-14-11-15(2)13-16(12-14)23-19(20)9-6-10-22-18-8-5-4-7-17(18)21-3/h4-5,7-8,11-13H,6,9-10H2,1-3H3. The lowest BCUT2D eigenvalue weighted by atomic mass is 10.1. The van der Waals surface area contributed by atoms with Gasteiger partial charge in [0.25, 0.3) is 0 Å². The summed E-state index contributed by atoms with van der Waals surface area (Å²) in [5, 5.41) is 0. The van der Waals surface area contributed by atoms with Crippen LogP contribution in [0.15, 0.2) is 42.5 Å². The second-order valence-corrected chi connectivity index (χ2v) is 5.40. The largest absolute Gasteiger partial charge is 0.493 e. The summed E-state index contributed by atoms with van der Waals surface area (Å²) in [7, 11) is 1.60. The molecule has 23 heavy (non-hydrogen) atoms. The van der Waals surface area contributed by atoms with Crippen LogP contribution in [-0.2, 0) is 4.79 Å². The van der Waals surface area contributed by atoms with Crippen LogP contribution in [0.25, 0.3) is 0 Å². The number of carbonyl (C=O) groups is 1. The molecule has 0 atom stereocenters. The fraction of sp³-hybridized carbons (Fsp3) is 0.316. The molecule has 4 heteroatoms. The van der Waals surface area contributed by atoms with Crippen molar-refractivity contribution in [2.45, 2.75) is 26.7 Å².